The van der Waals surface area contributed by atoms with Gasteiger partial charge in [-0.05, 0) is 20.3 Å². The van der Waals surface area contributed by atoms with Crippen molar-refractivity contribution in [1.29, 1.82) is 0 Å². The summed E-state index contributed by atoms with van der Waals surface area (Å²) in [5.41, 5.74) is 0. The Morgan fingerprint density at radius 3 is 2.15 bits per heavy atom. The summed E-state index contributed by atoms with van der Waals surface area (Å²) < 4.78 is 2.31. The van der Waals surface area contributed by atoms with Gasteiger partial charge in [0.2, 0.25) is 0 Å². The molecule has 1 rings (SSSR count). The highest BCUT2D eigenvalue weighted by Crippen LogP contribution is 2.23. The van der Waals surface area contributed by atoms with Crippen LogP contribution in [0, 0.1) is 0 Å². The second-order valence-corrected chi connectivity index (χ2v) is 6.45. The summed E-state index contributed by atoms with van der Waals surface area (Å²) in [7, 11) is 0. The first-order valence-electron chi connectivity index (χ1n) is 8.69. The molecular weight excluding hydrogens is 244 g/mol. The van der Waals surface area contributed by atoms with Gasteiger partial charge < -0.3 is 4.57 Å². The van der Waals surface area contributed by atoms with E-state index in [9.17, 15) is 0 Å². The lowest BCUT2D eigenvalue weighted by molar-refractivity contribution is 0.496. The van der Waals surface area contributed by atoms with E-state index in [1.165, 1.54) is 63.6 Å². The molecule has 0 saturated carbocycles. The molecule has 1 heterocycles. The Hall–Kier alpha value is -0.790. The largest absolute Gasteiger partial charge is 0.332 e. The number of aromatic nitrogens is 2. The second-order valence-electron chi connectivity index (χ2n) is 6.45. The Labute approximate surface area is 126 Å². The predicted octanol–water partition coefficient (Wildman–Crippen LogP) is 6.10. The minimum Gasteiger partial charge on any atom is -0.332 e. The summed E-state index contributed by atoms with van der Waals surface area (Å²) in [6.07, 6.45) is 16.5. The van der Waals surface area contributed by atoms with Crippen LogP contribution in [0.5, 0.6) is 0 Å². The maximum absolute atomic E-state index is 4.55. The molecule has 20 heavy (non-hydrogen) atoms. The number of rotatable bonds is 11. The van der Waals surface area contributed by atoms with Gasteiger partial charge in [0.05, 0.1) is 0 Å². The van der Waals surface area contributed by atoms with E-state index in [-0.39, 0.29) is 0 Å². The second kappa shape index (κ2) is 10.0. The van der Waals surface area contributed by atoms with E-state index in [0.29, 0.717) is 12.0 Å². The van der Waals surface area contributed by atoms with Gasteiger partial charge >= 0.3 is 0 Å². The Balaban J connectivity index is 2.14. The molecule has 0 N–H and O–H groups in total. The van der Waals surface area contributed by atoms with Crippen molar-refractivity contribution in [2.24, 2.45) is 0 Å². The van der Waals surface area contributed by atoms with Crippen molar-refractivity contribution in [3.63, 3.8) is 0 Å². The van der Waals surface area contributed by atoms with Crippen LogP contribution in [0.3, 0.4) is 0 Å². The Bertz CT molecular complexity index is 341. The highest BCUT2D eigenvalue weighted by molar-refractivity contribution is 5.00. The molecule has 0 aromatic carbocycles. The number of nitrogens with zero attached hydrogens (tertiary/aromatic N) is 2. The van der Waals surface area contributed by atoms with Gasteiger partial charge in [-0.15, -0.1) is 0 Å². The highest BCUT2D eigenvalue weighted by atomic mass is 15.1. The average Bonchev–Trinajstić information content (AvgIpc) is 2.91. The zero-order valence-corrected chi connectivity index (χ0v) is 14.1. The van der Waals surface area contributed by atoms with E-state index in [4.69, 9.17) is 0 Å². The number of imidazole rings is 1. The lowest BCUT2D eigenvalue weighted by Gasteiger charge is -2.16. The van der Waals surface area contributed by atoms with E-state index in [1.807, 2.05) is 6.20 Å². The third-order valence-electron chi connectivity index (χ3n) is 4.19. The number of unbranched alkanes of at least 4 members (excludes halogenated alkanes) is 7. The normalized spacial score (nSPS) is 13.1. The molecule has 1 aromatic heterocycles. The predicted molar refractivity (Wildman–Crippen MR) is 88.3 cm³/mol. The van der Waals surface area contributed by atoms with Crippen molar-refractivity contribution in [3.05, 3.63) is 18.2 Å². The van der Waals surface area contributed by atoms with Crippen molar-refractivity contribution in [2.75, 3.05) is 0 Å². The first kappa shape index (κ1) is 17.3. The lowest BCUT2D eigenvalue weighted by Crippen LogP contribution is -2.08. The van der Waals surface area contributed by atoms with Gasteiger partial charge in [0.15, 0.2) is 0 Å². The van der Waals surface area contributed by atoms with Gasteiger partial charge in [-0.1, -0.05) is 65.2 Å². The quantitative estimate of drug-likeness (QED) is 0.447. The fraction of sp³-hybridized carbons (Fsp3) is 0.833. The van der Waals surface area contributed by atoms with E-state index in [0.717, 1.165) is 0 Å². The molecule has 0 fully saturated rings. The van der Waals surface area contributed by atoms with Crippen molar-refractivity contribution in [1.82, 2.24) is 9.55 Å². The third kappa shape index (κ3) is 6.11. The van der Waals surface area contributed by atoms with Crippen LogP contribution in [-0.4, -0.2) is 9.55 Å². The van der Waals surface area contributed by atoms with E-state index in [2.05, 4.69) is 43.4 Å². The molecule has 0 radical (unpaired) electrons. The Morgan fingerprint density at radius 1 is 0.950 bits per heavy atom. The average molecular weight is 278 g/mol. The van der Waals surface area contributed by atoms with Crippen molar-refractivity contribution in [3.8, 4) is 0 Å². The van der Waals surface area contributed by atoms with Gasteiger partial charge in [0.25, 0.3) is 0 Å². The third-order valence-corrected chi connectivity index (χ3v) is 4.19. The zero-order valence-electron chi connectivity index (χ0n) is 14.1. The molecule has 0 amide bonds. The molecule has 1 unspecified atom stereocenters. The summed E-state index contributed by atoms with van der Waals surface area (Å²) in [5, 5.41) is 0. The molecule has 2 heteroatoms. The van der Waals surface area contributed by atoms with Crippen LogP contribution in [0.1, 0.15) is 103 Å². The first-order valence-corrected chi connectivity index (χ1v) is 8.69. The molecule has 1 aromatic rings. The van der Waals surface area contributed by atoms with Crippen LogP contribution < -0.4 is 0 Å². The van der Waals surface area contributed by atoms with Crippen molar-refractivity contribution >= 4 is 0 Å². The van der Waals surface area contributed by atoms with E-state index >= 15 is 0 Å². The van der Waals surface area contributed by atoms with Crippen LogP contribution >= 0.6 is 0 Å². The molecule has 0 aliphatic heterocycles. The summed E-state index contributed by atoms with van der Waals surface area (Å²) in [6.45, 7) is 9.06. The topological polar surface area (TPSA) is 17.8 Å². The van der Waals surface area contributed by atoms with Crippen molar-refractivity contribution in [2.45, 2.75) is 97.4 Å². The number of hydrogen-bond donors (Lipinski definition) is 0. The fourth-order valence-corrected chi connectivity index (χ4v) is 2.86. The highest BCUT2D eigenvalue weighted by Gasteiger charge is 2.13. The van der Waals surface area contributed by atoms with E-state index in [1.54, 1.807) is 0 Å². The summed E-state index contributed by atoms with van der Waals surface area (Å²) in [6, 6.07) is 0.522. The maximum atomic E-state index is 4.55. The minimum atomic E-state index is 0.522. The Morgan fingerprint density at radius 2 is 1.55 bits per heavy atom. The molecule has 0 bridgehead atoms. The monoisotopic (exact) mass is 278 g/mol. The van der Waals surface area contributed by atoms with Gasteiger partial charge in [-0.3, -0.25) is 0 Å². The molecule has 0 aliphatic carbocycles. The maximum Gasteiger partial charge on any atom is 0.111 e. The molecule has 0 saturated heterocycles. The minimum absolute atomic E-state index is 0.522. The van der Waals surface area contributed by atoms with Gasteiger partial charge in [0.1, 0.15) is 5.82 Å². The summed E-state index contributed by atoms with van der Waals surface area (Å²) in [4.78, 5) is 4.55. The van der Waals surface area contributed by atoms with Crippen LogP contribution in [0.2, 0.25) is 0 Å². The van der Waals surface area contributed by atoms with E-state index < -0.39 is 0 Å². The zero-order chi connectivity index (χ0) is 14.8. The van der Waals surface area contributed by atoms with Gasteiger partial charge in [-0.2, -0.15) is 0 Å². The molecule has 1 atom stereocenters. The summed E-state index contributed by atoms with van der Waals surface area (Å²) >= 11 is 0. The van der Waals surface area contributed by atoms with Crippen molar-refractivity contribution < 1.29 is 0 Å². The SMILES string of the molecule is CCCCCCCCCCC(C)c1nccn1C(C)C. The standard InChI is InChI=1S/C18H34N2/c1-5-6-7-8-9-10-11-12-13-17(4)18-19-14-15-20(18)16(2)3/h14-17H,5-13H2,1-4H3. The lowest BCUT2D eigenvalue weighted by atomic mass is 10.0. The van der Waals surface area contributed by atoms with Gasteiger partial charge in [-0.25, -0.2) is 4.98 Å². The Kier molecular flexibility index (Phi) is 8.64. The molecule has 116 valence electrons. The fourth-order valence-electron chi connectivity index (χ4n) is 2.86. The van der Waals surface area contributed by atoms with Crippen LogP contribution in [-0.2, 0) is 0 Å². The van der Waals surface area contributed by atoms with Gasteiger partial charge in [0, 0.05) is 24.4 Å². The van der Waals surface area contributed by atoms with Crippen LogP contribution in [0.4, 0.5) is 0 Å². The first-order chi connectivity index (χ1) is 9.66. The molecular formula is C18H34N2. The molecule has 2 nitrogen and oxygen atoms in total. The number of hydrogen-bond acceptors (Lipinski definition) is 1. The van der Waals surface area contributed by atoms with Crippen LogP contribution in [0.15, 0.2) is 12.4 Å². The van der Waals surface area contributed by atoms with Crippen LogP contribution in [0.25, 0.3) is 0 Å². The molecule has 0 aliphatic rings. The summed E-state index contributed by atoms with van der Waals surface area (Å²) in [5.74, 6) is 1.86. The molecule has 0 spiro atoms. The smallest absolute Gasteiger partial charge is 0.111 e.